The average molecular weight is 793 g/mol. The Bertz CT molecular complexity index is 1890. The molecule has 0 aromatic heterocycles. The molecular weight excluding hydrogens is 713 g/mol. The van der Waals surface area contributed by atoms with E-state index >= 15 is 0 Å². The van der Waals surface area contributed by atoms with Gasteiger partial charge in [0.2, 0.25) is 0 Å². The molecule has 5 rings (SSSR count). The van der Waals surface area contributed by atoms with Crippen molar-refractivity contribution in [3.63, 3.8) is 0 Å². The van der Waals surface area contributed by atoms with Crippen LogP contribution in [-0.4, -0.2) is 26.4 Å². The van der Waals surface area contributed by atoms with E-state index in [0.717, 1.165) is 80.3 Å². The minimum atomic E-state index is 0.705. The van der Waals surface area contributed by atoms with Crippen molar-refractivity contribution in [1.82, 2.24) is 0 Å². The lowest BCUT2D eigenvalue weighted by atomic mass is 9.89. The molecule has 320 valence electrons. The van der Waals surface area contributed by atoms with Crippen LogP contribution in [0.5, 0.6) is 23.0 Å². The summed E-state index contributed by atoms with van der Waals surface area (Å²) in [6.45, 7) is 16.4. The second-order valence-electron chi connectivity index (χ2n) is 17.3. The van der Waals surface area contributed by atoms with Gasteiger partial charge in [-0.05, 0) is 50.7 Å². The molecule has 0 saturated heterocycles. The lowest BCUT2D eigenvalue weighted by molar-refractivity contribution is 0.289. The highest BCUT2D eigenvalue weighted by molar-refractivity contribution is 6.00. The minimum absolute atomic E-state index is 0.705. The van der Waals surface area contributed by atoms with Gasteiger partial charge in [-0.25, -0.2) is 0 Å². The fourth-order valence-electron chi connectivity index (χ4n) is 9.00. The number of aryl methyl sites for hydroxylation is 2. The lowest BCUT2D eigenvalue weighted by Gasteiger charge is -2.25. The van der Waals surface area contributed by atoms with Gasteiger partial charge < -0.3 is 18.9 Å². The molecule has 0 aliphatic heterocycles. The molecule has 0 fully saturated rings. The first-order valence-corrected chi connectivity index (χ1v) is 24.3. The predicted octanol–water partition coefficient (Wildman–Crippen LogP) is 16.5. The van der Waals surface area contributed by atoms with Crippen LogP contribution >= 0.6 is 0 Å². The summed E-state index contributed by atoms with van der Waals surface area (Å²) in [7, 11) is 0. The minimum Gasteiger partial charge on any atom is -0.492 e. The van der Waals surface area contributed by atoms with E-state index in [1.807, 2.05) is 0 Å². The Morgan fingerprint density at radius 2 is 0.569 bits per heavy atom. The van der Waals surface area contributed by atoms with Gasteiger partial charge in [-0.1, -0.05) is 193 Å². The van der Waals surface area contributed by atoms with Gasteiger partial charge in [0.05, 0.1) is 26.4 Å². The number of fused-ring (bicyclic) bond motifs is 4. The molecule has 0 radical (unpaired) electrons. The lowest BCUT2D eigenvalue weighted by Crippen LogP contribution is -2.11. The Hall–Kier alpha value is -3.40. The van der Waals surface area contributed by atoms with Crippen molar-refractivity contribution < 1.29 is 18.9 Å². The molecule has 1 aliphatic rings. The van der Waals surface area contributed by atoms with Crippen LogP contribution in [0.2, 0.25) is 0 Å². The zero-order chi connectivity index (χ0) is 41.0. The highest BCUT2D eigenvalue weighted by Gasteiger charge is 2.28. The summed E-state index contributed by atoms with van der Waals surface area (Å²) in [6.07, 6.45) is 29.6. The fraction of sp³-hybridized carbons (Fsp3) is 0.630. The molecule has 0 amide bonds. The van der Waals surface area contributed by atoms with Gasteiger partial charge in [-0.2, -0.15) is 0 Å². The highest BCUT2D eigenvalue weighted by Crippen LogP contribution is 2.48. The molecule has 4 nitrogen and oxygen atoms in total. The topological polar surface area (TPSA) is 36.9 Å². The van der Waals surface area contributed by atoms with Gasteiger partial charge in [0.1, 0.15) is 23.0 Å². The summed E-state index contributed by atoms with van der Waals surface area (Å²) in [5, 5.41) is 9.28. The summed E-state index contributed by atoms with van der Waals surface area (Å²) in [5.74, 6) is 3.96. The molecule has 4 aromatic rings. The summed E-state index contributed by atoms with van der Waals surface area (Å²) in [5.41, 5.74) is 2.45. The van der Waals surface area contributed by atoms with Gasteiger partial charge in [0, 0.05) is 42.4 Å². The molecule has 1 aliphatic carbocycles. The molecule has 0 atom stereocenters. The van der Waals surface area contributed by atoms with Crippen molar-refractivity contribution in [2.75, 3.05) is 26.4 Å². The van der Waals surface area contributed by atoms with Gasteiger partial charge in [-0.3, -0.25) is 0 Å². The van der Waals surface area contributed by atoms with Crippen LogP contribution < -0.4 is 18.9 Å². The molecule has 0 N–H and O–H groups in total. The quantitative estimate of drug-likeness (QED) is 0.0407. The number of rotatable bonds is 32. The Kier molecular flexibility index (Phi) is 19.9. The van der Waals surface area contributed by atoms with Gasteiger partial charge in [-0.15, -0.1) is 0 Å². The maximum atomic E-state index is 7.07. The molecule has 58 heavy (non-hydrogen) atoms. The normalized spacial score (nSPS) is 11.8. The zero-order valence-electron chi connectivity index (χ0n) is 37.9. The fourth-order valence-corrected chi connectivity index (χ4v) is 9.00. The molecule has 0 bridgehead atoms. The first-order valence-electron chi connectivity index (χ1n) is 24.3. The van der Waals surface area contributed by atoms with Crippen molar-refractivity contribution in [2.45, 2.75) is 196 Å². The van der Waals surface area contributed by atoms with Crippen molar-refractivity contribution in [2.24, 2.45) is 0 Å². The van der Waals surface area contributed by atoms with Crippen LogP contribution in [-0.2, 0) is 0 Å². The Morgan fingerprint density at radius 1 is 0.310 bits per heavy atom. The van der Waals surface area contributed by atoms with E-state index in [-0.39, 0.29) is 0 Å². The number of hydrogen-bond donors (Lipinski definition) is 0. The van der Waals surface area contributed by atoms with Crippen LogP contribution in [0.15, 0.2) is 36.4 Å². The molecule has 0 unspecified atom stereocenters. The zero-order valence-corrected chi connectivity index (χ0v) is 37.9. The third-order valence-corrected chi connectivity index (χ3v) is 12.4. The van der Waals surface area contributed by atoms with Crippen molar-refractivity contribution >= 4 is 21.5 Å². The predicted molar refractivity (Wildman–Crippen MR) is 248 cm³/mol. The van der Waals surface area contributed by atoms with Crippen LogP contribution in [0.3, 0.4) is 0 Å². The van der Waals surface area contributed by atoms with E-state index in [1.54, 1.807) is 0 Å². The number of benzene rings is 4. The van der Waals surface area contributed by atoms with Crippen molar-refractivity contribution in [3.8, 4) is 23.0 Å². The summed E-state index contributed by atoms with van der Waals surface area (Å²) in [6, 6.07) is 13.4. The Labute approximate surface area is 352 Å². The van der Waals surface area contributed by atoms with E-state index in [2.05, 4.69) is 77.9 Å². The third kappa shape index (κ3) is 11.9. The monoisotopic (exact) mass is 793 g/mol. The summed E-state index contributed by atoms with van der Waals surface area (Å²) >= 11 is 0. The van der Waals surface area contributed by atoms with E-state index in [0.29, 0.717) is 26.4 Å². The Balaban J connectivity index is 1.68. The van der Waals surface area contributed by atoms with Crippen molar-refractivity contribution in [3.05, 3.63) is 68.4 Å². The van der Waals surface area contributed by atoms with Gasteiger partial charge >= 0.3 is 0 Å². The molecule has 4 aromatic carbocycles. The standard InChI is InChI=1S/C54H80O4/c1-7-11-15-19-23-27-37-55-51-43-35-31-33-41(5)45(43)53(57-39-29-25-21-17-13-9-3)49-47(51)48-50(49)54(58-40-30-26-22-18-14-10-4)46-42(6)34-32-36-44(46)52(48)56-38-28-24-20-16-12-8-2/h31-36H,7-30,37-40H2,1-6H3. The van der Waals surface area contributed by atoms with E-state index < -0.39 is 0 Å². The van der Waals surface area contributed by atoms with Gasteiger partial charge in [0.25, 0.3) is 0 Å². The first kappa shape index (κ1) is 45.7. The van der Waals surface area contributed by atoms with E-state index in [9.17, 15) is 0 Å². The SMILES string of the molecule is CCCCCCCCOc1c2c(c(OCCCCCCCC)c3c(C)cccc13)=c1c(OCCCCCCCC)c3c(C)cccc3c(OCCCCCCCC)c1=2. The second kappa shape index (κ2) is 25.3. The number of unbranched alkanes of at least 4 members (excludes halogenated alkanes) is 20. The average Bonchev–Trinajstić information content (AvgIpc) is 3.22. The van der Waals surface area contributed by atoms with E-state index in [1.165, 1.54) is 150 Å². The molecule has 4 heteroatoms. The largest absolute Gasteiger partial charge is 0.492 e. The van der Waals surface area contributed by atoms with Crippen LogP contribution in [0, 0.1) is 34.7 Å². The molecule has 0 spiro atoms. The molecule has 0 saturated carbocycles. The second-order valence-corrected chi connectivity index (χ2v) is 17.3. The highest BCUT2D eigenvalue weighted by atomic mass is 16.5. The van der Waals surface area contributed by atoms with Gasteiger partial charge in [0.15, 0.2) is 0 Å². The Morgan fingerprint density at radius 3 is 0.879 bits per heavy atom. The molecular formula is C54H80O4. The third-order valence-electron chi connectivity index (χ3n) is 12.4. The summed E-state index contributed by atoms with van der Waals surface area (Å²) in [4.78, 5) is 0. The van der Waals surface area contributed by atoms with Crippen LogP contribution in [0.1, 0.15) is 193 Å². The maximum Gasteiger partial charge on any atom is 0.136 e. The maximum absolute atomic E-state index is 7.07. The number of ether oxygens (including phenoxy) is 4. The molecule has 0 heterocycles. The summed E-state index contributed by atoms with van der Waals surface area (Å²) < 4.78 is 28.2. The first-order chi connectivity index (χ1) is 28.6. The van der Waals surface area contributed by atoms with Crippen LogP contribution in [0.25, 0.3) is 21.5 Å². The number of hydrogen-bond acceptors (Lipinski definition) is 4. The van der Waals surface area contributed by atoms with E-state index in [4.69, 9.17) is 18.9 Å². The smallest absolute Gasteiger partial charge is 0.136 e. The van der Waals surface area contributed by atoms with Crippen molar-refractivity contribution in [1.29, 1.82) is 0 Å². The van der Waals surface area contributed by atoms with Crippen LogP contribution in [0.4, 0.5) is 0 Å².